The molecular weight excluding hydrogens is 600 g/mol. The Hall–Kier alpha value is -6.36. The maximum Gasteiger partial charge on any atom is 0.329 e. The first-order valence-corrected chi connectivity index (χ1v) is 14.7. The number of benzene rings is 4. The lowest BCUT2D eigenvalue weighted by Gasteiger charge is -2.18. The molecular formula is C36H28N4O7. The topological polar surface area (TPSA) is 154 Å². The number of amides is 1. The number of non-ortho nitro benzene ring substituents is 1. The van der Waals surface area contributed by atoms with Crippen molar-refractivity contribution in [2.45, 2.75) is 25.7 Å². The van der Waals surface area contributed by atoms with Crippen molar-refractivity contribution in [1.82, 2.24) is 15.3 Å². The van der Waals surface area contributed by atoms with Crippen molar-refractivity contribution in [3.05, 3.63) is 142 Å². The summed E-state index contributed by atoms with van der Waals surface area (Å²) in [6, 6.07) is 31.6. The molecule has 11 nitrogen and oxygen atoms in total. The van der Waals surface area contributed by atoms with Gasteiger partial charge in [-0.25, -0.2) is 9.78 Å². The maximum atomic E-state index is 13.8. The molecule has 0 radical (unpaired) electrons. The molecule has 2 heterocycles. The van der Waals surface area contributed by atoms with Gasteiger partial charge in [-0.15, -0.1) is 0 Å². The van der Waals surface area contributed by atoms with E-state index in [0.29, 0.717) is 22.2 Å². The Morgan fingerprint density at radius 2 is 1.40 bits per heavy atom. The van der Waals surface area contributed by atoms with Crippen molar-refractivity contribution < 1.29 is 28.8 Å². The third-order valence-corrected chi connectivity index (χ3v) is 7.51. The normalized spacial score (nSPS) is 11.6. The van der Waals surface area contributed by atoms with Crippen LogP contribution in [0.5, 0.6) is 0 Å². The smallest absolute Gasteiger partial charge is 0.329 e. The van der Waals surface area contributed by atoms with Crippen LogP contribution in [0.2, 0.25) is 0 Å². The number of fused-ring (bicyclic) bond motifs is 3. The van der Waals surface area contributed by atoms with Crippen LogP contribution < -0.4 is 5.32 Å². The Morgan fingerprint density at radius 1 is 0.787 bits per heavy atom. The van der Waals surface area contributed by atoms with Gasteiger partial charge in [0.2, 0.25) is 0 Å². The van der Waals surface area contributed by atoms with Gasteiger partial charge < -0.3 is 19.8 Å². The zero-order valence-electron chi connectivity index (χ0n) is 24.9. The van der Waals surface area contributed by atoms with Crippen LogP contribution in [0.25, 0.3) is 33.1 Å². The number of para-hydroxylation sites is 1. The number of nitro groups is 1. The molecule has 0 aliphatic rings. The molecule has 6 rings (SSSR count). The van der Waals surface area contributed by atoms with Gasteiger partial charge in [0, 0.05) is 34.0 Å². The molecule has 2 N–H and O–H groups in total. The predicted molar refractivity (Wildman–Crippen MR) is 174 cm³/mol. The number of hydrogen-bond acceptors (Lipinski definition) is 8. The van der Waals surface area contributed by atoms with E-state index in [1.54, 1.807) is 54.6 Å². The summed E-state index contributed by atoms with van der Waals surface area (Å²) < 4.78 is 10.9. The maximum absolute atomic E-state index is 13.8. The molecule has 0 bridgehead atoms. The lowest BCUT2D eigenvalue weighted by Crippen LogP contribution is -2.43. The number of esters is 2. The van der Waals surface area contributed by atoms with Crippen molar-refractivity contribution >= 4 is 45.3 Å². The van der Waals surface area contributed by atoms with Crippen LogP contribution >= 0.6 is 0 Å². The van der Waals surface area contributed by atoms with E-state index in [1.807, 2.05) is 48.5 Å². The molecule has 2 aromatic heterocycles. The number of nitrogens with one attached hydrogen (secondary N) is 2. The van der Waals surface area contributed by atoms with Crippen LogP contribution in [-0.4, -0.2) is 38.8 Å². The van der Waals surface area contributed by atoms with Crippen molar-refractivity contribution in [2.24, 2.45) is 0 Å². The molecule has 11 heteroatoms. The number of aromatic amines is 1. The number of ether oxygens (including phenoxy) is 2. The summed E-state index contributed by atoms with van der Waals surface area (Å²) in [7, 11) is 0. The first-order valence-electron chi connectivity index (χ1n) is 14.7. The third-order valence-electron chi connectivity index (χ3n) is 7.51. The Balaban J connectivity index is 1.30. The molecule has 1 amide bonds. The van der Waals surface area contributed by atoms with Gasteiger partial charge >= 0.3 is 11.9 Å². The minimum absolute atomic E-state index is 0.00319. The molecule has 4 aromatic carbocycles. The van der Waals surface area contributed by atoms with E-state index in [1.165, 1.54) is 12.1 Å². The van der Waals surface area contributed by atoms with Gasteiger partial charge in [0.25, 0.3) is 11.6 Å². The monoisotopic (exact) mass is 628 g/mol. The van der Waals surface area contributed by atoms with Crippen molar-refractivity contribution in [2.75, 3.05) is 0 Å². The highest BCUT2D eigenvalue weighted by atomic mass is 16.6. The van der Waals surface area contributed by atoms with Crippen molar-refractivity contribution in [3.63, 3.8) is 0 Å². The fourth-order valence-electron chi connectivity index (χ4n) is 5.13. The van der Waals surface area contributed by atoms with E-state index in [9.17, 15) is 24.5 Å². The number of hydrogen-bond donors (Lipinski definition) is 2. The van der Waals surface area contributed by atoms with Gasteiger partial charge in [-0.3, -0.25) is 19.7 Å². The van der Waals surface area contributed by atoms with Gasteiger partial charge in [0.15, 0.2) is 0 Å². The standard InChI is InChI=1S/C36H28N4O7/c41-32(46-21-23-9-3-1-4-10-23)20-31(36(43)47-22-24-11-5-2-6-12-24)39-35(42)30-19-28-27-13-7-8-14-29(27)37-34(28)33(38-30)25-15-17-26(18-16-25)40(44)45/h1-19,31,37H,20-22H2,(H,39,42)/t31-/m0/s1. The zero-order chi connectivity index (χ0) is 32.8. The summed E-state index contributed by atoms with van der Waals surface area (Å²) in [5.74, 6) is -2.25. The summed E-state index contributed by atoms with van der Waals surface area (Å²) in [6.45, 7) is -0.0638. The predicted octanol–water partition coefficient (Wildman–Crippen LogP) is 6.27. The second-order valence-electron chi connectivity index (χ2n) is 10.7. The van der Waals surface area contributed by atoms with E-state index < -0.39 is 35.2 Å². The van der Waals surface area contributed by atoms with Gasteiger partial charge in [0.1, 0.15) is 24.9 Å². The van der Waals surface area contributed by atoms with Crippen molar-refractivity contribution in [3.8, 4) is 11.3 Å². The lowest BCUT2D eigenvalue weighted by molar-refractivity contribution is -0.384. The lowest BCUT2D eigenvalue weighted by atomic mass is 10.1. The number of carbonyl (C=O) groups is 3. The molecule has 0 aliphatic carbocycles. The first-order chi connectivity index (χ1) is 22.9. The molecule has 234 valence electrons. The second-order valence-corrected chi connectivity index (χ2v) is 10.7. The Labute approximate surface area is 268 Å². The molecule has 1 atom stereocenters. The summed E-state index contributed by atoms with van der Waals surface area (Å²) in [5, 5.41) is 15.4. The van der Waals surface area contributed by atoms with Crippen LogP contribution in [0.4, 0.5) is 5.69 Å². The first kappa shape index (κ1) is 30.7. The van der Waals surface area contributed by atoms with Crippen LogP contribution in [0.15, 0.2) is 115 Å². The zero-order valence-corrected chi connectivity index (χ0v) is 24.9. The molecule has 6 aromatic rings. The third kappa shape index (κ3) is 7.15. The van der Waals surface area contributed by atoms with Crippen LogP contribution in [-0.2, 0) is 32.3 Å². The number of pyridine rings is 1. The number of aromatic nitrogens is 2. The van der Waals surface area contributed by atoms with E-state index >= 15 is 0 Å². The molecule has 0 aliphatic heterocycles. The van der Waals surface area contributed by atoms with Crippen LogP contribution in [0.1, 0.15) is 28.0 Å². The average molecular weight is 629 g/mol. The van der Waals surface area contributed by atoms with Crippen LogP contribution in [0, 0.1) is 10.1 Å². The fraction of sp³-hybridized carbons (Fsp3) is 0.111. The van der Waals surface area contributed by atoms with E-state index in [2.05, 4.69) is 15.3 Å². The van der Waals surface area contributed by atoms with Gasteiger partial charge in [0.05, 0.1) is 22.6 Å². The minimum atomic E-state index is -1.38. The molecule has 0 unspecified atom stereocenters. The molecule has 0 saturated carbocycles. The second kappa shape index (κ2) is 13.7. The summed E-state index contributed by atoms with van der Waals surface area (Å²) in [5.41, 5.74) is 3.71. The van der Waals surface area contributed by atoms with E-state index in [-0.39, 0.29) is 24.6 Å². The van der Waals surface area contributed by atoms with Crippen molar-refractivity contribution in [1.29, 1.82) is 0 Å². The van der Waals surface area contributed by atoms with Crippen LogP contribution in [0.3, 0.4) is 0 Å². The highest BCUT2D eigenvalue weighted by Crippen LogP contribution is 2.33. The highest BCUT2D eigenvalue weighted by Gasteiger charge is 2.28. The number of nitrogens with zero attached hydrogens (tertiary/aromatic N) is 2. The Kier molecular flexibility index (Phi) is 8.96. The van der Waals surface area contributed by atoms with Gasteiger partial charge in [-0.05, 0) is 35.4 Å². The summed E-state index contributed by atoms with van der Waals surface area (Å²) in [4.78, 5) is 58.7. The SMILES string of the molecule is O=C(C[C@H](NC(=O)c1cc2c([nH]c3ccccc32)c(-c2ccc([N+](=O)[O-])cc2)n1)C(=O)OCc1ccccc1)OCc1ccccc1. The fourth-order valence-corrected chi connectivity index (χ4v) is 5.13. The minimum Gasteiger partial charge on any atom is -0.461 e. The number of rotatable bonds is 11. The van der Waals surface area contributed by atoms with E-state index in [4.69, 9.17) is 9.47 Å². The molecule has 0 spiro atoms. The Morgan fingerprint density at radius 3 is 2.06 bits per heavy atom. The van der Waals surface area contributed by atoms with Gasteiger partial charge in [-0.1, -0.05) is 78.9 Å². The highest BCUT2D eigenvalue weighted by molar-refractivity contribution is 6.13. The van der Waals surface area contributed by atoms with E-state index in [0.717, 1.165) is 22.0 Å². The number of H-pyrrole nitrogens is 1. The number of nitro benzene ring substituents is 1. The Bertz CT molecular complexity index is 2080. The summed E-state index contributed by atoms with van der Waals surface area (Å²) >= 11 is 0. The quantitative estimate of drug-likeness (QED) is 0.0968. The largest absolute Gasteiger partial charge is 0.461 e. The number of carbonyl (C=O) groups excluding carboxylic acids is 3. The molecule has 0 fully saturated rings. The molecule has 0 saturated heterocycles. The van der Waals surface area contributed by atoms with Gasteiger partial charge in [-0.2, -0.15) is 0 Å². The molecule has 47 heavy (non-hydrogen) atoms. The average Bonchev–Trinajstić information content (AvgIpc) is 3.48. The summed E-state index contributed by atoms with van der Waals surface area (Å²) in [6.07, 6.45) is -0.475.